The molecule has 0 unspecified atom stereocenters. The van der Waals surface area contributed by atoms with Crippen LogP contribution < -0.4 is 10.1 Å². The Morgan fingerprint density at radius 3 is 2.70 bits per heavy atom. The molecule has 0 saturated carbocycles. The minimum atomic E-state index is -0.189. The van der Waals surface area contributed by atoms with E-state index in [9.17, 15) is 9.90 Å². The van der Waals surface area contributed by atoms with Crippen LogP contribution in [0.1, 0.15) is 30.9 Å². The number of amides is 1. The van der Waals surface area contributed by atoms with Crippen molar-refractivity contribution < 1.29 is 14.6 Å². The molecule has 3 rings (SSSR count). The predicted molar refractivity (Wildman–Crippen MR) is 111 cm³/mol. The molecule has 0 radical (unpaired) electrons. The summed E-state index contributed by atoms with van der Waals surface area (Å²) in [7, 11) is 1.49. The van der Waals surface area contributed by atoms with Crippen molar-refractivity contribution in [1.29, 1.82) is 0 Å². The summed E-state index contributed by atoms with van der Waals surface area (Å²) in [5.41, 5.74) is 2.88. The number of thioether (sulfide) groups is 1. The average Bonchev–Trinajstić information content (AvgIpc) is 3.01. The number of unbranched alkanes of at least 4 members (excludes halogenated alkanes) is 1. The molecule has 0 aliphatic carbocycles. The Bertz CT molecular complexity index is 889. The number of nitrogens with one attached hydrogen (secondary N) is 1. The summed E-state index contributed by atoms with van der Waals surface area (Å²) >= 11 is 1.29. The maximum Gasteiger partial charge on any atom is 0.264 e. The van der Waals surface area contributed by atoms with Gasteiger partial charge in [-0.1, -0.05) is 31.5 Å². The number of aliphatic imine (C=N–C) groups is 1. The van der Waals surface area contributed by atoms with E-state index in [2.05, 4.69) is 29.4 Å². The summed E-state index contributed by atoms with van der Waals surface area (Å²) in [6, 6.07) is 13.0. The zero-order valence-corrected chi connectivity index (χ0v) is 16.2. The number of hydrogen-bond acceptors (Lipinski definition) is 5. The van der Waals surface area contributed by atoms with E-state index in [1.165, 1.54) is 43.3 Å². The molecule has 6 heteroatoms. The van der Waals surface area contributed by atoms with E-state index in [4.69, 9.17) is 4.74 Å². The normalized spacial score (nSPS) is 16.7. The van der Waals surface area contributed by atoms with Gasteiger partial charge in [0.15, 0.2) is 16.7 Å². The van der Waals surface area contributed by atoms with Crippen molar-refractivity contribution in [2.24, 2.45) is 4.99 Å². The van der Waals surface area contributed by atoms with Crippen molar-refractivity contribution in [3.8, 4) is 11.5 Å². The molecule has 2 N–H and O–H groups in total. The molecule has 0 atom stereocenters. The quantitative estimate of drug-likeness (QED) is 0.714. The Hall–Kier alpha value is -2.73. The standard InChI is InChI=1S/C21H22N2O3S/c1-3-4-5-14-6-9-16(10-7-14)22-21-23-20(25)19(27-21)13-15-8-11-17(24)18(12-15)26-2/h6-13,24H,3-5H2,1-2H3,(H,22,23,25). The second-order valence-corrected chi connectivity index (χ2v) is 7.21. The van der Waals surface area contributed by atoms with Crippen LogP contribution in [0.4, 0.5) is 5.69 Å². The molecule has 140 valence electrons. The number of methoxy groups -OCH3 is 1. The molecule has 1 aliphatic heterocycles. The molecule has 0 bridgehead atoms. The molecule has 2 aromatic carbocycles. The second kappa shape index (κ2) is 8.77. The molecule has 5 nitrogen and oxygen atoms in total. The minimum absolute atomic E-state index is 0.0628. The summed E-state index contributed by atoms with van der Waals surface area (Å²) in [5.74, 6) is 0.239. The zero-order chi connectivity index (χ0) is 19.2. The average molecular weight is 382 g/mol. The third-order valence-corrected chi connectivity index (χ3v) is 5.05. The van der Waals surface area contributed by atoms with E-state index in [0.29, 0.717) is 15.8 Å². The van der Waals surface area contributed by atoms with Crippen LogP contribution in [-0.4, -0.2) is 23.3 Å². The molecular formula is C21H22N2O3S. The molecule has 0 spiro atoms. The molecule has 2 aromatic rings. The van der Waals surface area contributed by atoms with Crippen LogP contribution in [-0.2, 0) is 11.2 Å². The number of hydrogen-bond donors (Lipinski definition) is 2. The lowest BCUT2D eigenvalue weighted by molar-refractivity contribution is -0.115. The number of amidine groups is 1. The third kappa shape index (κ3) is 4.92. The first-order chi connectivity index (χ1) is 13.1. The Balaban J connectivity index is 1.74. The van der Waals surface area contributed by atoms with Crippen molar-refractivity contribution in [3.05, 3.63) is 58.5 Å². The van der Waals surface area contributed by atoms with Crippen LogP contribution in [0.5, 0.6) is 11.5 Å². The number of aromatic hydroxyl groups is 1. The van der Waals surface area contributed by atoms with Gasteiger partial charge in [0.2, 0.25) is 0 Å². The maximum atomic E-state index is 12.2. The molecule has 1 amide bonds. The van der Waals surface area contributed by atoms with E-state index in [0.717, 1.165) is 17.7 Å². The van der Waals surface area contributed by atoms with Crippen LogP contribution in [0.3, 0.4) is 0 Å². The molecule has 1 heterocycles. The van der Waals surface area contributed by atoms with Gasteiger partial charge in [0.25, 0.3) is 5.91 Å². The molecule has 1 aliphatic rings. The van der Waals surface area contributed by atoms with Crippen molar-refractivity contribution in [2.75, 3.05) is 7.11 Å². The third-order valence-electron chi connectivity index (χ3n) is 4.14. The highest BCUT2D eigenvalue weighted by Crippen LogP contribution is 2.31. The van der Waals surface area contributed by atoms with Crippen LogP contribution in [0.25, 0.3) is 6.08 Å². The van der Waals surface area contributed by atoms with Crippen molar-refractivity contribution in [1.82, 2.24) is 5.32 Å². The maximum absolute atomic E-state index is 12.2. The Morgan fingerprint density at radius 2 is 2.00 bits per heavy atom. The lowest BCUT2D eigenvalue weighted by Crippen LogP contribution is -2.19. The van der Waals surface area contributed by atoms with E-state index in [1.54, 1.807) is 18.2 Å². The number of rotatable bonds is 6. The number of nitrogens with zero attached hydrogens (tertiary/aromatic N) is 1. The first-order valence-corrected chi connectivity index (χ1v) is 9.66. The summed E-state index contributed by atoms with van der Waals surface area (Å²) in [5, 5.41) is 13.0. The van der Waals surface area contributed by atoms with E-state index in [-0.39, 0.29) is 11.7 Å². The SMILES string of the molecule is CCCCc1ccc(N=C2NC(=O)C(=Cc3ccc(O)c(OC)c3)S2)cc1. The lowest BCUT2D eigenvalue weighted by Gasteiger charge is -2.03. The summed E-state index contributed by atoms with van der Waals surface area (Å²) in [4.78, 5) is 17.3. The van der Waals surface area contributed by atoms with Crippen LogP contribution in [0, 0.1) is 0 Å². The number of carbonyl (C=O) groups excluding carboxylic acids is 1. The first-order valence-electron chi connectivity index (χ1n) is 8.84. The number of benzene rings is 2. The highest BCUT2D eigenvalue weighted by molar-refractivity contribution is 8.18. The number of phenolic OH excluding ortho intramolecular Hbond substituents is 1. The highest BCUT2D eigenvalue weighted by atomic mass is 32.2. The van der Waals surface area contributed by atoms with Crippen molar-refractivity contribution >= 4 is 34.6 Å². The van der Waals surface area contributed by atoms with Gasteiger partial charge in [-0.25, -0.2) is 4.99 Å². The summed E-state index contributed by atoms with van der Waals surface area (Å²) in [6.45, 7) is 2.18. The van der Waals surface area contributed by atoms with Crippen LogP contribution >= 0.6 is 11.8 Å². The first kappa shape index (κ1) is 19.0. The van der Waals surface area contributed by atoms with E-state index < -0.39 is 0 Å². The fourth-order valence-corrected chi connectivity index (χ4v) is 3.49. The van der Waals surface area contributed by atoms with E-state index >= 15 is 0 Å². The van der Waals surface area contributed by atoms with Crippen molar-refractivity contribution in [3.63, 3.8) is 0 Å². The van der Waals surface area contributed by atoms with Gasteiger partial charge in [-0.05, 0) is 66.1 Å². The predicted octanol–water partition coefficient (Wildman–Crippen LogP) is 4.64. The zero-order valence-electron chi connectivity index (χ0n) is 15.4. The molecule has 27 heavy (non-hydrogen) atoms. The monoisotopic (exact) mass is 382 g/mol. The Morgan fingerprint density at radius 1 is 1.22 bits per heavy atom. The number of ether oxygens (including phenoxy) is 1. The van der Waals surface area contributed by atoms with Crippen LogP contribution in [0.2, 0.25) is 0 Å². The lowest BCUT2D eigenvalue weighted by atomic mass is 10.1. The van der Waals surface area contributed by atoms with Crippen LogP contribution in [0.15, 0.2) is 52.4 Å². The fourth-order valence-electron chi connectivity index (χ4n) is 2.65. The van der Waals surface area contributed by atoms with E-state index in [1.807, 2.05) is 12.1 Å². The fraction of sp³-hybridized carbons (Fsp3) is 0.238. The van der Waals surface area contributed by atoms with Gasteiger partial charge in [-0.15, -0.1) is 0 Å². The van der Waals surface area contributed by atoms with Gasteiger partial charge >= 0.3 is 0 Å². The Labute approximate surface area is 163 Å². The number of phenols is 1. The topological polar surface area (TPSA) is 70.9 Å². The molecular weight excluding hydrogens is 360 g/mol. The summed E-state index contributed by atoms with van der Waals surface area (Å²) in [6.07, 6.45) is 5.17. The number of aryl methyl sites for hydroxylation is 1. The van der Waals surface area contributed by atoms with Gasteiger partial charge in [0, 0.05) is 0 Å². The van der Waals surface area contributed by atoms with Gasteiger partial charge in [0.05, 0.1) is 17.7 Å². The molecule has 1 saturated heterocycles. The smallest absolute Gasteiger partial charge is 0.264 e. The number of carbonyl (C=O) groups is 1. The largest absolute Gasteiger partial charge is 0.504 e. The van der Waals surface area contributed by atoms with Gasteiger partial charge in [0.1, 0.15) is 0 Å². The highest BCUT2D eigenvalue weighted by Gasteiger charge is 2.23. The summed E-state index contributed by atoms with van der Waals surface area (Å²) < 4.78 is 5.10. The second-order valence-electron chi connectivity index (χ2n) is 6.18. The van der Waals surface area contributed by atoms with Crippen molar-refractivity contribution in [2.45, 2.75) is 26.2 Å². The molecule has 1 fully saturated rings. The minimum Gasteiger partial charge on any atom is -0.504 e. The Kier molecular flexibility index (Phi) is 6.19. The van der Waals surface area contributed by atoms with Gasteiger partial charge < -0.3 is 15.2 Å². The van der Waals surface area contributed by atoms with Gasteiger partial charge in [-0.3, -0.25) is 4.79 Å². The molecule has 0 aromatic heterocycles. The van der Waals surface area contributed by atoms with Gasteiger partial charge in [-0.2, -0.15) is 0 Å².